The Morgan fingerprint density at radius 2 is 2.22 bits per heavy atom. The molecular formula is C16H18N4O2S. The van der Waals surface area contributed by atoms with E-state index in [0.717, 1.165) is 12.8 Å². The quantitative estimate of drug-likeness (QED) is 0.871. The first-order chi connectivity index (χ1) is 11.2. The SMILES string of the molecule is CNc1nc(C(=O)N2CCCC(C(=O)c3ccccn3)C2)cs1. The van der Waals surface area contributed by atoms with Crippen molar-refractivity contribution < 1.29 is 9.59 Å². The summed E-state index contributed by atoms with van der Waals surface area (Å²) in [5.41, 5.74) is 0.906. The molecule has 1 unspecified atom stereocenters. The van der Waals surface area contributed by atoms with E-state index >= 15 is 0 Å². The number of thiazole rings is 1. The minimum Gasteiger partial charge on any atom is -0.365 e. The number of nitrogens with zero attached hydrogens (tertiary/aromatic N) is 3. The highest BCUT2D eigenvalue weighted by Gasteiger charge is 2.30. The average molecular weight is 330 g/mol. The van der Waals surface area contributed by atoms with Gasteiger partial charge in [-0.05, 0) is 25.0 Å². The number of rotatable bonds is 4. The third-order valence-electron chi connectivity index (χ3n) is 3.93. The monoisotopic (exact) mass is 330 g/mol. The van der Waals surface area contributed by atoms with Crippen LogP contribution in [0.3, 0.4) is 0 Å². The molecule has 1 atom stereocenters. The van der Waals surface area contributed by atoms with Gasteiger partial charge in [-0.15, -0.1) is 11.3 Å². The van der Waals surface area contributed by atoms with Crippen molar-refractivity contribution in [3.63, 3.8) is 0 Å². The molecule has 1 saturated heterocycles. The van der Waals surface area contributed by atoms with E-state index in [1.165, 1.54) is 11.3 Å². The fraction of sp³-hybridized carbons (Fsp3) is 0.375. The molecule has 2 aromatic heterocycles. The van der Waals surface area contributed by atoms with E-state index in [1.807, 2.05) is 0 Å². The van der Waals surface area contributed by atoms with Crippen molar-refractivity contribution in [2.75, 3.05) is 25.5 Å². The number of ketones is 1. The number of aromatic nitrogens is 2. The topological polar surface area (TPSA) is 75.2 Å². The first kappa shape index (κ1) is 15.6. The number of hydrogen-bond acceptors (Lipinski definition) is 6. The van der Waals surface area contributed by atoms with Gasteiger partial charge in [0.1, 0.15) is 11.4 Å². The van der Waals surface area contributed by atoms with Crippen LogP contribution in [0.15, 0.2) is 29.8 Å². The highest BCUT2D eigenvalue weighted by Crippen LogP contribution is 2.23. The zero-order chi connectivity index (χ0) is 16.2. The lowest BCUT2D eigenvalue weighted by Gasteiger charge is -2.31. The second-order valence-corrected chi connectivity index (χ2v) is 6.32. The second-order valence-electron chi connectivity index (χ2n) is 5.46. The number of anilines is 1. The fourth-order valence-electron chi connectivity index (χ4n) is 2.74. The van der Waals surface area contributed by atoms with Crippen molar-refractivity contribution in [3.05, 3.63) is 41.2 Å². The molecule has 120 valence electrons. The van der Waals surface area contributed by atoms with E-state index in [0.29, 0.717) is 29.6 Å². The minimum atomic E-state index is -0.190. The van der Waals surface area contributed by atoms with Crippen molar-refractivity contribution in [2.24, 2.45) is 5.92 Å². The Labute approximate surface area is 138 Å². The highest BCUT2D eigenvalue weighted by atomic mass is 32.1. The van der Waals surface area contributed by atoms with Crippen molar-refractivity contribution in [3.8, 4) is 0 Å². The largest absolute Gasteiger partial charge is 0.365 e. The zero-order valence-electron chi connectivity index (χ0n) is 12.9. The van der Waals surface area contributed by atoms with Crippen molar-refractivity contribution in [1.29, 1.82) is 0 Å². The number of likely N-dealkylation sites (tertiary alicyclic amines) is 1. The lowest BCUT2D eigenvalue weighted by molar-refractivity contribution is 0.0631. The third-order valence-corrected chi connectivity index (χ3v) is 4.79. The summed E-state index contributed by atoms with van der Waals surface area (Å²) in [5, 5.41) is 5.39. The summed E-state index contributed by atoms with van der Waals surface area (Å²) >= 11 is 1.40. The van der Waals surface area contributed by atoms with Gasteiger partial charge in [-0.1, -0.05) is 6.07 Å². The first-order valence-corrected chi connectivity index (χ1v) is 8.45. The Balaban J connectivity index is 1.70. The molecule has 1 aliphatic rings. The van der Waals surface area contributed by atoms with E-state index in [2.05, 4.69) is 15.3 Å². The Morgan fingerprint density at radius 1 is 1.35 bits per heavy atom. The van der Waals surface area contributed by atoms with Crippen molar-refractivity contribution >= 4 is 28.2 Å². The fourth-order valence-corrected chi connectivity index (χ4v) is 3.39. The molecular weight excluding hydrogens is 312 g/mol. The van der Waals surface area contributed by atoms with Crippen LogP contribution in [0.2, 0.25) is 0 Å². The van der Waals surface area contributed by atoms with Crippen LogP contribution in [-0.4, -0.2) is 46.7 Å². The maximum absolute atomic E-state index is 12.5. The average Bonchev–Trinajstić information content (AvgIpc) is 3.10. The molecule has 1 fully saturated rings. The van der Waals surface area contributed by atoms with Crippen molar-refractivity contribution in [1.82, 2.24) is 14.9 Å². The lowest BCUT2D eigenvalue weighted by Crippen LogP contribution is -2.42. The number of amides is 1. The molecule has 0 bridgehead atoms. The Kier molecular flexibility index (Phi) is 4.66. The summed E-state index contributed by atoms with van der Waals surface area (Å²) < 4.78 is 0. The number of piperidine rings is 1. The highest BCUT2D eigenvalue weighted by molar-refractivity contribution is 7.13. The molecule has 0 saturated carbocycles. The van der Waals surface area contributed by atoms with Gasteiger partial charge in [0, 0.05) is 37.6 Å². The molecule has 3 rings (SSSR count). The number of carbonyl (C=O) groups excluding carboxylic acids is 2. The van der Waals surface area contributed by atoms with Gasteiger partial charge in [0.15, 0.2) is 10.9 Å². The summed E-state index contributed by atoms with van der Waals surface area (Å²) in [6.45, 7) is 1.10. The number of pyridine rings is 1. The van der Waals surface area contributed by atoms with Gasteiger partial charge in [-0.3, -0.25) is 14.6 Å². The zero-order valence-corrected chi connectivity index (χ0v) is 13.7. The van der Waals surface area contributed by atoms with E-state index in [9.17, 15) is 9.59 Å². The lowest BCUT2D eigenvalue weighted by atomic mass is 9.92. The smallest absolute Gasteiger partial charge is 0.273 e. The summed E-state index contributed by atoms with van der Waals surface area (Å²) in [7, 11) is 1.77. The summed E-state index contributed by atoms with van der Waals surface area (Å²) in [6.07, 6.45) is 3.23. The molecule has 0 spiro atoms. The normalized spacial score (nSPS) is 17.8. The van der Waals surface area contributed by atoms with E-state index < -0.39 is 0 Å². The molecule has 0 radical (unpaired) electrons. The Hall–Kier alpha value is -2.28. The second kappa shape index (κ2) is 6.87. The molecule has 7 heteroatoms. The minimum absolute atomic E-state index is 0.0114. The van der Waals surface area contributed by atoms with E-state index in [-0.39, 0.29) is 17.6 Å². The van der Waals surface area contributed by atoms with Crippen LogP contribution >= 0.6 is 11.3 Å². The number of hydrogen-bond donors (Lipinski definition) is 1. The molecule has 1 N–H and O–H groups in total. The van der Waals surface area contributed by atoms with Crippen molar-refractivity contribution in [2.45, 2.75) is 12.8 Å². The molecule has 1 aliphatic heterocycles. The van der Waals surface area contributed by atoms with Gasteiger partial charge in [0.2, 0.25) is 0 Å². The number of Topliss-reactive ketones (excluding diaryl/α,β-unsaturated/α-hetero) is 1. The van der Waals surface area contributed by atoms with Gasteiger partial charge >= 0.3 is 0 Å². The van der Waals surface area contributed by atoms with Crippen LogP contribution in [0.4, 0.5) is 5.13 Å². The van der Waals surface area contributed by atoms with E-state index in [4.69, 9.17) is 0 Å². The standard InChI is InChI=1S/C16H18N4O2S/c1-17-16-19-13(10-23-16)15(22)20-8-4-5-11(9-20)14(21)12-6-2-3-7-18-12/h2-3,6-7,10-11H,4-5,8-9H2,1H3,(H,17,19). The van der Waals surface area contributed by atoms with E-state index in [1.54, 1.807) is 41.7 Å². The van der Waals surface area contributed by atoms with Gasteiger partial charge in [0.05, 0.1) is 0 Å². The van der Waals surface area contributed by atoms with Gasteiger partial charge in [0.25, 0.3) is 5.91 Å². The Morgan fingerprint density at radius 3 is 2.91 bits per heavy atom. The first-order valence-electron chi connectivity index (χ1n) is 7.57. The van der Waals surface area contributed by atoms with Crippen LogP contribution < -0.4 is 5.32 Å². The van der Waals surface area contributed by atoms with Crippen LogP contribution in [0.5, 0.6) is 0 Å². The number of carbonyl (C=O) groups is 2. The molecule has 0 aromatic carbocycles. The van der Waals surface area contributed by atoms with Gasteiger partial charge in [-0.2, -0.15) is 0 Å². The van der Waals surface area contributed by atoms with Crippen LogP contribution in [0, 0.1) is 5.92 Å². The maximum Gasteiger partial charge on any atom is 0.273 e. The molecule has 3 heterocycles. The summed E-state index contributed by atoms with van der Waals surface area (Å²) in [6, 6.07) is 5.32. The molecule has 23 heavy (non-hydrogen) atoms. The van der Waals surface area contributed by atoms with Gasteiger partial charge in [-0.25, -0.2) is 4.98 Å². The molecule has 2 aromatic rings. The molecule has 0 aliphatic carbocycles. The predicted octanol–water partition coefficient (Wildman–Crippen LogP) is 2.31. The van der Waals surface area contributed by atoms with Crippen LogP contribution in [0.25, 0.3) is 0 Å². The maximum atomic E-state index is 12.5. The van der Waals surface area contributed by atoms with Gasteiger partial charge < -0.3 is 10.2 Å². The van der Waals surface area contributed by atoms with Crippen LogP contribution in [-0.2, 0) is 0 Å². The molecule has 1 amide bonds. The third kappa shape index (κ3) is 3.39. The number of nitrogens with one attached hydrogen (secondary N) is 1. The predicted molar refractivity (Wildman–Crippen MR) is 88.9 cm³/mol. The Bertz CT molecular complexity index is 701. The summed E-state index contributed by atoms with van der Waals surface area (Å²) in [4.78, 5) is 35.2. The summed E-state index contributed by atoms with van der Waals surface area (Å²) in [5.74, 6) is -0.288. The van der Waals surface area contributed by atoms with Crippen LogP contribution in [0.1, 0.15) is 33.8 Å². The molecule has 6 nitrogen and oxygen atoms in total.